The van der Waals surface area contributed by atoms with Gasteiger partial charge in [-0.2, -0.15) is 0 Å². The smallest absolute Gasteiger partial charge is 0.248 e. The molecule has 5 heteroatoms. The lowest BCUT2D eigenvalue weighted by Gasteiger charge is -2.33. The maximum absolute atomic E-state index is 13.1. The fraction of sp³-hybridized carbons (Fsp3) is 0.692. The molecule has 18 heavy (non-hydrogen) atoms. The number of aromatic nitrogens is 2. The fourth-order valence-electron chi connectivity index (χ4n) is 2.66. The van der Waals surface area contributed by atoms with E-state index in [1.54, 1.807) is 12.4 Å². The topological polar surface area (TPSA) is 51.8 Å². The third-order valence-electron chi connectivity index (χ3n) is 3.81. The van der Waals surface area contributed by atoms with Crippen molar-refractivity contribution < 1.29 is 8.78 Å². The highest BCUT2D eigenvalue weighted by molar-refractivity contribution is 5.14. The Kier molecular flexibility index (Phi) is 3.90. The van der Waals surface area contributed by atoms with Gasteiger partial charge in [0.2, 0.25) is 5.92 Å². The monoisotopic (exact) mass is 255 g/mol. The van der Waals surface area contributed by atoms with Gasteiger partial charge in [0.05, 0.1) is 0 Å². The van der Waals surface area contributed by atoms with Crippen molar-refractivity contribution in [3.05, 3.63) is 23.8 Å². The summed E-state index contributed by atoms with van der Waals surface area (Å²) in [5.74, 6) is -1.45. The Morgan fingerprint density at radius 2 is 1.89 bits per heavy atom. The third-order valence-corrected chi connectivity index (χ3v) is 3.81. The normalized spacial score (nSPS) is 21.8. The number of nitrogens with zero attached hydrogens (tertiary/aromatic N) is 2. The summed E-state index contributed by atoms with van der Waals surface area (Å²) in [7, 11) is 0. The Hall–Kier alpha value is -1.10. The van der Waals surface area contributed by atoms with Crippen LogP contribution in [0.25, 0.3) is 0 Å². The number of alkyl halides is 2. The first-order valence-electron chi connectivity index (χ1n) is 6.38. The van der Waals surface area contributed by atoms with Gasteiger partial charge in [-0.3, -0.25) is 0 Å². The van der Waals surface area contributed by atoms with Gasteiger partial charge in [0.15, 0.2) is 0 Å². The summed E-state index contributed by atoms with van der Waals surface area (Å²) in [5, 5.41) is 0. The minimum absolute atomic E-state index is 0.0269. The molecule has 2 N–H and O–H groups in total. The molecule has 0 aliphatic heterocycles. The van der Waals surface area contributed by atoms with Crippen molar-refractivity contribution in [1.82, 2.24) is 9.97 Å². The van der Waals surface area contributed by atoms with Crippen LogP contribution in [-0.4, -0.2) is 22.4 Å². The Bertz CT molecular complexity index is 382. The van der Waals surface area contributed by atoms with Crippen LogP contribution in [-0.2, 0) is 0 Å². The molecule has 1 heterocycles. The molecule has 1 aromatic rings. The molecule has 1 aromatic heterocycles. The number of hydrogen-bond donors (Lipinski definition) is 1. The third kappa shape index (κ3) is 3.02. The first kappa shape index (κ1) is 13.3. The van der Waals surface area contributed by atoms with E-state index < -0.39 is 5.92 Å². The molecule has 1 aliphatic rings. The lowest BCUT2D eigenvalue weighted by atomic mass is 9.76. The minimum Gasteiger partial charge on any atom is -0.330 e. The Balaban J connectivity index is 2.08. The van der Waals surface area contributed by atoms with E-state index in [1.165, 1.54) is 0 Å². The van der Waals surface area contributed by atoms with Gasteiger partial charge in [-0.1, -0.05) is 0 Å². The summed E-state index contributed by atoms with van der Waals surface area (Å²) in [5.41, 5.74) is 6.77. The van der Waals surface area contributed by atoms with Crippen LogP contribution in [0.15, 0.2) is 12.4 Å². The van der Waals surface area contributed by atoms with Crippen molar-refractivity contribution in [3.63, 3.8) is 0 Å². The SMILES string of the molecule is Cc1ncc([C@@H](CN)C2CCC(F)(F)CC2)cn1. The van der Waals surface area contributed by atoms with Crippen molar-refractivity contribution in [2.75, 3.05) is 6.54 Å². The second-order valence-electron chi connectivity index (χ2n) is 5.10. The van der Waals surface area contributed by atoms with E-state index in [9.17, 15) is 8.78 Å². The largest absolute Gasteiger partial charge is 0.330 e. The quantitative estimate of drug-likeness (QED) is 0.903. The van der Waals surface area contributed by atoms with Crippen molar-refractivity contribution in [2.45, 2.75) is 44.4 Å². The molecule has 0 aromatic carbocycles. The van der Waals surface area contributed by atoms with E-state index in [0.717, 1.165) is 5.56 Å². The van der Waals surface area contributed by atoms with Gasteiger partial charge in [0.1, 0.15) is 5.82 Å². The highest BCUT2D eigenvalue weighted by atomic mass is 19.3. The van der Waals surface area contributed by atoms with E-state index in [2.05, 4.69) is 9.97 Å². The van der Waals surface area contributed by atoms with Crippen LogP contribution < -0.4 is 5.73 Å². The predicted molar refractivity (Wildman–Crippen MR) is 65.5 cm³/mol. The highest BCUT2D eigenvalue weighted by Gasteiger charge is 2.37. The molecule has 0 unspecified atom stereocenters. The maximum Gasteiger partial charge on any atom is 0.248 e. The van der Waals surface area contributed by atoms with Crippen molar-refractivity contribution in [2.24, 2.45) is 11.7 Å². The Morgan fingerprint density at radius 1 is 1.33 bits per heavy atom. The van der Waals surface area contributed by atoms with Crippen molar-refractivity contribution in [1.29, 1.82) is 0 Å². The molecule has 1 atom stereocenters. The Morgan fingerprint density at radius 3 is 2.39 bits per heavy atom. The summed E-state index contributed by atoms with van der Waals surface area (Å²) in [6, 6.07) is 0. The zero-order valence-electron chi connectivity index (χ0n) is 10.6. The van der Waals surface area contributed by atoms with Crippen LogP contribution in [0.5, 0.6) is 0 Å². The molecule has 0 amide bonds. The van der Waals surface area contributed by atoms with Gasteiger partial charge in [-0.15, -0.1) is 0 Å². The van der Waals surface area contributed by atoms with Crippen LogP contribution >= 0.6 is 0 Å². The van der Waals surface area contributed by atoms with Gasteiger partial charge in [0.25, 0.3) is 0 Å². The lowest BCUT2D eigenvalue weighted by molar-refractivity contribution is -0.0482. The lowest BCUT2D eigenvalue weighted by Crippen LogP contribution is -2.30. The molecule has 3 nitrogen and oxygen atoms in total. The summed E-state index contributed by atoms with van der Waals surface area (Å²) in [6.07, 6.45) is 4.55. The van der Waals surface area contributed by atoms with Crippen LogP contribution in [0.4, 0.5) is 8.78 Å². The summed E-state index contributed by atoms with van der Waals surface area (Å²) in [6.45, 7) is 2.28. The average Bonchev–Trinajstić information content (AvgIpc) is 2.34. The first-order valence-corrected chi connectivity index (χ1v) is 6.38. The van der Waals surface area contributed by atoms with Gasteiger partial charge < -0.3 is 5.73 Å². The average molecular weight is 255 g/mol. The minimum atomic E-state index is -2.49. The molecule has 0 saturated heterocycles. The zero-order valence-corrected chi connectivity index (χ0v) is 10.6. The van der Waals surface area contributed by atoms with E-state index in [-0.39, 0.29) is 24.7 Å². The summed E-state index contributed by atoms with van der Waals surface area (Å²) in [4.78, 5) is 8.31. The van der Waals surface area contributed by atoms with Crippen LogP contribution in [0.1, 0.15) is 43.0 Å². The Labute approximate surface area is 106 Å². The van der Waals surface area contributed by atoms with Crippen LogP contribution in [0, 0.1) is 12.8 Å². The second kappa shape index (κ2) is 5.26. The zero-order chi connectivity index (χ0) is 13.2. The van der Waals surface area contributed by atoms with Gasteiger partial charge >= 0.3 is 0 Å². The first-order chi connectivity index (χ1) is 8.52. The van der Waals surface area contributed by atoms with Crippen LogP contribution in [0.2, 0.25) is 0 Å². The number of nitrogens with two attached hydrogens (primary N) is 1. The van der Waals surface area contributed by atoms with Crippen LogP contribution in [0.3, 0.4) is 0 Å². The number of hydrogen-bond acceptors (Lipinski definition) is 3. The number of rotatable bonds is 3. The molecule has 100 valence electrons. The molecule has 0 radical (unpaired) electrons. The number of aryl methyl sites for hydroxylation is 1. The molecule has 2 rings (SSSR count). The molecule has 1 saturated carbocycles. The van der Waals surface area contributed by atoms with E-state index in [0.29, 0.717) is 25.2 Å². The molecule has 1 aliphatic carbocycles. The molecular formula is C13H19F2N3. The summed E-state index contributed by atoms with van der Waals surface area (Å²) >= 11 is 0. The van der Waals surface area contributed by atoms with E-state index >= 15 is 0 Å². The number of halogens is 2. The molecular weight excluding hydrogens is 236 g/mol. The van der Waals surface area contributed by atoms with Gasteiger partial charge in [0, 0.05) is 31.2 Å². The van der Waals surface area contributed by atoms with E-state index in [4.69, 9.17) is 5.73 Å². The summed E-state index contributed by atoms with van der Waals surface area (Å²) < 4.78 is 26.3. The fourth-order valence-corrected chi connectivity index (χ4v) is 2.66. The maximum atomic E-state index is 13.1. The van der Waals surface area contributed by atoms with Crippen molar-refractivity contribution >= 4 is 0 Å². The standard InChI is InChI=1S/C13H19F2N3/c1-9-17-7-11(8-18-9)12(6-16)10-2-4-13(14,15)5-3-10/h7-8,10,12H,2-6,16H2,1H3/t12-/m0/s1. The van der Waals surface area contributed by atoms with Gasteiger partial charge in [-0.05, 0) is 37.8 Å². The molecule has 1 fully saturated rings. The molecule has 0 bridgehead atoms. The van der Waals surface area contributed by atoms with E-state index in [1.807, 2.05) is 6.92 Å². The van der Waals surface area contributed by atoms with Crippen molar-refractivity contribution in [3.8, 4) is 0 Å². The van der Waals surface area contributed by atoms with Gasteiger partial charge in [-0.25, -0.2) is 18.7 Å². The second-order valence-corrected chi connectivity index (χ2v) is 5.10. The molecule has 0 spiro atoms. The predicted octanol–water partition coefficient (Wildman–Crippen LogP) is 2.65. The highest BCUT2D eigenvalue weighted by Crippen LogP contribution is 2.41.